The van der Waals surface area contributed by atoms with Gasteiger partial charge in [0.25, 0.3) is 0 Å². The highest BCUT2D eigenvalue weighted by Gasteiger charge is 2.38. The van der Waals surface area contributed by atoms with E-state index in [9.17, 15) is 0 Å². The standard InChI is InChI=1S/C13H28N2O2/c1-10(5-4-6-16)15-13(9-14)7-11(2)17-12(3)8-13/h10-12,15-16H,4-9,14H2,1-3H3. The average Bonchev–Trinajstić information content (AvgIpc) is 2.25. The molecular formula is C13H28N2O2. The van der Waals surface area contributed by atoms with Crippen LogP contribution in [0.1, 0.15) is 46.5 Å². The van der Waals surface area contributed by atoms with Gasteiger partial charge in [-0.15, -0.1) is 0 Å². The molecule has 4 N–H and O–H groups in total. The number of nitrogens with one attached hydrogen (secondary N) is 1. The van der Waals surface area contributed by atoms with Gasteiger partial charge in [0.05, 0.1) is 12.2 Å². The minimum absolute atomic E-state index is 0.00591. The van der Waals surface area contributed by atoms with E-state index in [4.69, 9.17) is 15.6 Å². The molecule has 4 nitrogen and oxygen atoms in total. The molecule has 0 spiro atoms. The first-order chi connectivity index (χ1) is 8.01. The third-order valence-corrected chi connectivity index (χ3v) is 3.56. The molecule has 3 atom stereocenters. The predicted molar refractivity (Wildman–Crippen MR) is 69.9 cm³/mol. The van der Waals surface area contributed by atoms with E-state index >= 15 is 0 Å². The fraction of sp³-hybridized carbons (Fsp3) is 1.00. The molecule has 1 fully saturated rings. The predicted octanol–water partition coefficient (Wildman–Crippen LogP) is 1.02. The normalized spacial score (nSPS) is 35.8. The van der Waals surface area contributed by atoms with Crippen molar-refractivity contribution in [1.29, 1.82) is 0 Å². The lowest BCUT2D eigenvalue weighted by atomic mass is 9.83. The topological polar surface area (TPSA) is 67.5 Å². The van der Waals surface area contributed by atoms with Crippen LogP contribution in [0.3, 0.4) is 0 Å². The van der Waals surface area contributed by atoms with Crippen LogP contribution in [-0.4, -0.2) is 42.0 Å². The van der Waals surface area contributed by atoms with Crippen LogP contribution in [0.15, 0.2) is 0 Å². The fourth-order valence-corrected chi connectivity index (χ4v) is 3.01. The van der Waals surface area contributed by atoms with Crippen molar-refractivity contribution in [2.75, 3.05) is 13.2 Å². The molecule has 4 heteroatoms. The van der Waals surface area contributed by atoms with Gasteiger partial charge in [-0.3, -0.25) is 0 Å². The quantitative estimate of drug-likeness (QED) is 0.652. The van der Waals surface area contributed by atoms with Crippen molar-refractivity contribution >= 4 is 0 Å². The van der Waals surface area contributed by atoms with Gasteiger partial charge < -0.3 is 20.9 Å². The molecule has 0 aromatic carbocycles. The summed E-state index contributed by atoms with van der Waals surface area (Å²) in [6.07, 6.45) is 4.30. The average molecular weight is 244 g/mol. The molecule has 0 saturated carbocycles. The lowest BCUT2D eigenvalue weighted by molar-refractivity contribution is -0.0692. The Balaban J connectivity index is 2.55. The molecule has 0 aliphatic carbocycles. The van der Waals surface area contributed by atoms with Crippen LogP contribution >= 0.6 is 0 Å². The number of nitrogens with two attached hydrogens (primary N) is 1. The van der Waals surface area contributed by atoms with Gasteiger partial charge >= 0.3 is 0 Å². The van der Waals surface area contributed by atoms with Gasteiger partial charge in [-0.2, -0.15) is 0 Å². The van der Waals surface area contributed by atoms with Crippen molar-refractivity contribution in [3.05, 3.63) is 0 Å². The monoisotopic (exact) mass is 244 g/mol. The number of rotatable bonds is 6. The smallest absolute Gasteiger partial charge is 0.0568 e. The number of hydrogen-bond acceptors (Lipinski definition) is 4. The molecule has 1 aliphatic rings. The Bertz CT molecular complexity index is 213. The number of hydrogen-bond donors (Lipinski definition) is 3. The first kappa shape index (κ1) is 14.9. The molecule has 0 aromatic rings. The van der Waals surface area contributed by atoms with Gasteiger partial charge in [-0.1, -0.05) is 0 Å². The van der Waals surface area contributed by atoms with Crippen molar-refractivity contribution in [3.8, 4) is 0 Å². The Morgan fingerprint density at radius 2 is 2.00 bits per heavy atom. The van der Waals surface area contributed by atoms with E-state index in [1.807, 2.05) is 0 Å². The van der Waals surface area contributed by atoms with Gasteiger partial charge in [-0.05, 0) is 46.5 Å². The lowest BCUT2D eigenvalue weighted by Gasteiger charge is -2.44. The van der Waals surface area contributed by atoms with Crippen molar-refractivity contribution in [3.63, 3.8) is 0 Å². The van der Waals surface area contributed by atoms with E-state index < -0.39 is 0 Å². The van der Waals surface area contributed by atoms with Crippen molar-refractivity contribution < 1.29 is 9.84 Å². The Hall–Kier alpha value is -0.160. The molecule has 3 unspecified atom stereocenters. The van der Waals surface area contributed by atoms with Gasteiger partial charge in [-0.25, -0.2) is 0 Å². The van der Waals surface area contributed by atoms with Crippen LogP contribution in [0.25, 0.3) is 0 Å². The van der Waals surface area contributed by atoms with Crippen molar-refractivity contribution in [2.24, 2.45) is 5.73 Å². The summed E-state index contributed by atoms with van der Waals surface area (Å²) in [5.41, 5.74) is 5.98. The summed E-state index contributed by atoms with van der Waals surface area (Å²) in [6, 6.07) is 0.392. The Kier molecular flexibility index (Phi) is 5.86. The molecule has 1 saturated heterocycles. The van der Waals surface area contributed by atoms with Crippen molar-refractivity contribution in [2.45, 2.75) is 70.2 Å². The summed E-state index contributed by atoms with van der Waals surface area (Å²) in [5, 5.41) is 12.5. The summed E-state index contributed by atoms with van der Waals surface area (Å²) in [7, 11) is 0. The molecule has 0 bridgehead atoms. The van der Waals surface area contributed by atoms with Crippen LogP contribution in [0.5, 0.6) is 0 Å². The van der Waals surface area contributed by atoms with Gasteiger partial charge in [0, 0.05) is 24.7 Å². The van der Waals surface area contributed by atoms with Gasteiger partial charge in [0.2, 0.25) is 0 Å². The van der Waals surface area contributed by atoms with Crippen molar-refractivity contribution in [1.82, 2.24) is 5.32 Å². The van der Waals surface area contributed by atoms with Crippen LogP contribution < -0.4 is 11.1 Å². The maximum atomic E-state index is 8.85. The third kappa shape index (κ3) is 4.54. The number of aliphatic hydroxyl groups is 1. The van der Waals surface area contributed by atoms with Gasteiger partial charge in [0.15, 0.2) is 0 Å². The SMILES string of the molecule is CC(CCCO)NC1(CN)CC(C)OC(C)C1. The van der Waals surface area contributed by atoms with E-state index in [1.54, 1.807) is 0 Å². The molecule has 0 amide bonds. The van der Waals surface area contributed by atoms with E-state index in [1.165, 1.54) is 0 Å². The first-order valence-corrected chi connectivity index (χ1v) is 6.75. The molecule has 1 aliphatic heterocycles. The third-order valence-electron chi connectivity index (χ3n) is 3.56. The molecule has 17 heavy (non-hydrogen) atoms. The maximum Gasteiger partial charge on any atom is 0.0568 e. The summed E-state index contributed by atoms with van der Waals surface area (Å²) in [6.45, 7) is 7.30. The molecule has 1 heterocycles. The lowest BCUT2D eigenvalue weighted by Crippen LogP contribution is -2.60. The second-order valence-electron chi connectivity index (χ2n) is 5.56. The minimum atomic E-state index is 0.00591. The zero-order valence-corrected chi connectivity index (χ0v) is 11.4. The second kappa shape index (κ2) is 6.69. The highest BCUT2D eigenvalue weighted by molar-refractivity contribution is 4.97. The van der Waals surface area contributed by atoms with Crippen LogP contribution in [0.2, 0.25) is 0 Å². The Morgan fingerprint density at radius 3 is 2.47 bits per heavy atom. The first-order valence-electron chi connectivity index (χ1n) is 6.75. The maximum absolute atomic E-state index is 8.85. The van der Waals surface area contributed by atoms with E-state index in [-0.39, 0.29) is 24.4 Å². The second-order valence-corrected chi connectivity index (χ2v) is 5.56. The number of aliphatic hydroxyl groups excluding tert-OH is 1. The van der Waals surface area contributed by atoms with Crippen LogP contribution in [-0.2, 0) is 4.74 Å². The Morgan fingerprint density at radius 1 is 1.41 bits per heavy atom. The largest absolute Gasteiger partial charge is 0.396 e. The summed E-state index contributed by atoms with van der Waals surface area (Å²) in [5.74, 6) is 0. The number of ether oxygens (including phenoxy) is 1. The molecule has 1 rings (SSSR count). The molecule has 0 radical (unpaired) electrons. The van der Waals surface area contributed by atoms with E-state index in [0.717, 1.165) is 25.7 Å². The zero-order valence-electron chi connectivity index (χ0n) is 11.4. The highest BCUT2D eigenvalue weighted by Crippen LogP contribution is 2.28. The minimum Gasteiger partial charge on any atom is -0.396 e. The molecule has 0 aromatic heterocycles. The van der Waals surface area contributed by atoms with Gasteiger partial charge in [0.1, 0.15) is 0 Å². The Labute approximate surface area is 105 Å². The summed E-state index contributed by atoms with van der Waals surface area (Å²) < 4.78 is 5.77. The fourth-order valence-electron chi connectivity index (χ4n) is 3.01. The van der Waals surface area contributed by atoms with E-state index in [2.05, 4.69) is 26.1 Å². The van der Waals surface area contributed by atoms with Crippen LogP contribution in [0.4, 0.5) is 0 Å². The zero-order chi connectivity index (χ0) is 12.9. The summed E-state index contributed by atoms with van der Waals surface area (Å²) >= 11 is 0. The highest BCUT2D eigenvalue weighted by atomic mass is 16.5. The molecule has 102 valence electrons. The van der Waals surface area contributed by atoms with E-state index in [0.29, 0.717) is 12.6 Å². The summed E-state index contributed by atoms with van der Waals surface area (Å²) in [4.78, 5) is 0. The molecular weight excluding hydrogens is 216 g/mol. The van der Waals surface area contributed by atoms with Crippen LogP contribution in [0, 0.1) is 0 Å².